The molecule has 3 aromatic rings. The second-order valence-corrected chi connectivity index (χ2v) is 4.07. The lowest BCUT2D eigenvalue weighted by Crippen LogP contribution is -2.14. The summed E-state index contributed by atoms with van der Waals surface area (Å²) in [7, 11) is 0. The molecule has 0 bridgehead atoms. The molecule has 0 saturated heterocycles. The maximum atomic E-state index is 12.0. The Labute approximate surface area is 119 Å². The molecule has 3 rings (SSSR count). The molecule has 0 aliphatic heterocycles. The van der Waals surface area contributed by atoms with Crippen molar-refractivity contribution in [1.82, 2.24) is 25.0 Å². The highest BCUT2D eigenvalue weighted by Crippen LogP contribution is 2.19. The van der Waals surface area contributed by atoms with Crippen LogP contribution >= 0.6 is 0 Å². The molecule has 102 valence electrons. The molecule has 0 fully saturated rings. The van der Waals surface area contributed by atoms with E-state index in [1.165, 1.54) is 17.2 Å². The third kappa shape index (κ3) is 2.48. The van der Waals surface area contributed by atoms with E-state index in [4.69, 9.17) is 5.26 Å². The summed E-state index contributed by atoms with van der Waals surface area (Å²) in [6.45, 7) is 0. The first-order valence-electron chi connectivity index (χ1n) is 6.00. The summed E-state index contributed by atoms with van der Waals surface area (Å²) in [5.74, 6) is -0.259. The molecule has 0 unspecified atom stereocenters. The summed E-state index contributed by atoms with van der Waals surface area (Å²) < 4.78 is 1.43. The third-order valence-corrected chi connectivity index (χ3v) is 2.74. The lowest BCUT2D eigenvalue weighted by Gasteiger charge is -2.09. The van der Waals surface area contributed by atoms with Gasteiger partial charge in [0.15, 0.2) is 0 Å². The molecule has 2 aromatic heterocycles. The Morgan fingerprint density at radius 3 is 2.90 bits per heavy atom. The number of para-hydroxylation sites is 2. The van der Waals surface area contributed by atoms with Gasteiger partial charge in [0.2, 0.25) is 0 Å². The number of nitrogens with one attached hydrogen (secondary N) is 2. The van der Waals surface area contributed by atoms with Crippen LogP contribution in [0.3, 0.4) is 0 Å². The van der Waals surface area contributed by atoms with Gasteiger partial charge in [-0.3, -0.25) is 9.89 Å². The molecular weight excluding hydrogens is 270 g/mol. The van der Waals surface area contributed by atoms with Crippen molar-refractivity contribution in [2.45, 2.75) is 0 Å². The number of H-pyrrole nitrogens is 1. The van der Waals surface area contributed by atoms with Gasteiger partial charge in [0.25, 0.3) is 11.7 Å². The van der Waals surface area contributed by atoms with Crippen LogP contribution in [0.25, 0.3) is 5.69 Å². The fraction of sp³-hybridized carbons (Fsp3) is 0. The molecule has 2 N–H and O–H groups in total. The van der Waals surface area contributed by atoms with E-state index >= 15 is 0 Å². The molecule has 0 radical (unpaired) electrons. The monoisotopic (exact) mass is 279 g/mol. The molecule has 0 aliphatic rings. The highest BCUT2D eigenvalue weighted by Gasteiger charge is 2.12. The van der Waals surface area contributed by atoms with Crippen molar-refractivity contribution in [3.05, 3.63) is 54.4 Å². The maximum Gasteiger partial charge on any atom is 0.273 e. The molecule has 0 saturated carbocycles. The Hall–Kier alpha value is -3.47. The number of aromatic amines is 1. The number of carbonyl (C=O) groups excluding carboxylic acids is 1. The van der Waals surface area contributed by atoms with Gasteiger partial charge in [0.05, 0.1) is 11.4 Å². The normalized spacial score (nSPS) is 10.0. The van der Waals surface area contributed by atoms with E-state index in [1.807, 2.05) is 6.07 Å². The molecule has 0 aliphatic carbocycles. The third-order valence-electron chi connectivity index (χ3n) is 2.74. The fourth-order valence-electron chi connectivity index (χ4n) is 1.78. The zero-order chi connectivity index (χ0) is 14.7. The number of nitriles is 1. The van der Waals surface area contributed by atoms with Crippen molar-refractivity contribution >= 4 is 11.6 Å². The summed E-state index contributed by atoms with van der Waals surface area (Å²) >= 11 is 0. The van der Waals surface area contributed by atoms with Crippen LogP contribution in [-0.4, -0.2) is 30.9 Å². The lowest BCUT2D eigenvalue weighted by atomic mass is 10.2. The van der Waals surface area contributed by atoms with Crippen LogP contribution in [0.15, 0.2) is 42.9 Å². The largest absolute Gasteiger partial charge is 0.319 e. The lowest BCUT2D eigenvalue weighted by molar-refractivity contribution is 0.102. The van der Waals surface area contributed by atoms with Crippen LogP contribution in [0.5, 0.6) is 0 Å². The average molecular weight is 279 g/mol. The van der Waals surface area contributed by atoms with Crippen LogP contribution in [-0.2, 0) is 0 Å². The summed E-state index contributed by atoms with van der Waals surface area (Å²) in [5, 5.41) is 21.8. The van der Waals surface area contributed by atoms with Crippen molar-refractivity contribution in [2.24, 2.45) is 0 Å². The van der Waals surface area contributed by atoms with Crippen molar-refractivity contribution < 1.29 is 4.79 Å². The number of amides is 1. The van der Waals surface area contributed by atoms with E-state index in [9.17, 15) is 4.79 Å². The van der Waals surface area contributed by atoms with Gasteiger partial charge in [-0.15, -0.1) is 5.10 Å². The summed E-state index contributed by atoms with van der Waals surface area (Å²) in [4.78, 5) is 15.9. The molecule has 8 heteroatoms. The Balaban J connectivity index is 1.93. The smallest absolute Gasteiger partial charge is 0.273 e. The molecule has 8 nitrogen and oxygen atoms in total. The second kappa shape index (κ2) is 5.26. The van der Waals surface area contributed by atoms with Crippen molar-refractivity contribution in [2.75, 3.05) is 5.32 Å². The molecule has 2 heterocycles. The topological polar surface area (TPSA) is 112 Å². The SMILES string of the molecule is N#Cc1ncn(-c2ccccc2NC(=O)c2ccn[nH]2)n1. The molecule has 21 heavy (non-hydrogen) atoms. The zero-order valence-corrected chi connectivity index (χ0v) is 10.7. The minimum Gasteiger partial charge on any atom is -0.319 e. The number of aromatic nitrogens is 5. The second-order valence-electron chi connectivity index (χ2n) is 4.07. The van der Waals surface area contributed by atoms with E-state index in [0.717, 1.165) is 0 Å². The highest BCUT2D eigenvalue weighted by atomic mass is 16.1. The first-order valence-corrected chi connectivity index (χ1v) is 6.00. The van der Waals surface area contributed by atoms with Gasteiger partial charge in [-0.2, -0.15) is 10.4 Å². The maximum absolute atomic E-state index is 12.0. The first kappa shape index (κ1) is 12.6. The van der Waals surface area contributed by atoms with Crippen LogP contribution in [0.4, 0.5) is 5.69 Å². The van der Waals surface area contributed by atoms with Gasteiger partial charge >= 0.3 is 0 Å². The van der Waals surface area contributed by atoms with Gasteiger partial charge in [0, 0.05) is 6.20 Å². The number of hydrogen-bond acceptors (Lipinski definition) is 5. The number of hydrogen-bond donors (Lipinski definition) is 2. The van der Waals surface area contributed by atoms with E-state index in [0.29, 0.717) is 17.1 Å². The quantitative estimate of drug-likeness (QED) is 0.745. The van der Waals surface area contributed by atoms with Crippen LogP contribution in [0.2, 0.25) is 0 Å². The van der Waals surface area contributed by atoms with Crippen LogP contribution in [0, 0.1) is 11.3 Å². The molecule has 1 aromatic carbocycles. The van der Waals surface area contributed by atoms with E-state index in [2.05, 4.69) is 25.6 Å². The van der Waals surface area contributed by atoms with Crippen LogP contribution in [0.1, 0.15) is 16.3 Å². The molecular formula is C13H9N7O. The fourth-order valence-corrected chi connectivity index (χ4v) is 1.78. The summed E-state index contributed by atoms with van der Waals surface area (Å²) in [5.41, 5.74) is 1.51. The predicted molar refractivity (Wildman–Crippen MR) is 72.6 cm³/mol. The van der Waals surface area contributed by atoms with E-state index in [-0.39, 0.29) is 11.7 Å². The summed E-state index contributed by atoms with van der Waals surface area (Å²) in [6, 6.07) is 10.5. The van der Waals surface area contributed by atoms with Gasteiger partial charge in [-0.1, -0.05) is 12.1 Å². The Bertz CT molecular complexity index is 813. The first-order chi connectivity index (χ1) is 10.3. The number of anilines is 1. The minimum atomic E-state index is -0.319. The molecule has 1 amide bonds. The van der Waals surface area contributed by atoms with Crippen molar-refractivity contribution in [1.29, 1.82) is 5.26 Å². The van der Waals surface area contributed by atoms with E-state index in [1.54, 1.807) is 30.3 Å². The van der Waals surface area contributed by atoms with Gasteiger partial charge < -0.3 is 5.32 Å². The van der Waals surface area contributed by atoms with Crippen molar-refractivity contribution in [3.63, 3.8) is 0 Å². The zero-order valence-electron chi connectivity index (χ0n) is 10.7. The van der Waals surface area contributed by atoms with Crippen LogP contribution < -0.4 is 5.32 Å². The highest BCUT2D eigenvalue weighted by molar-refractivity contribution is 6.03. The van der Waals surface area contributed by atoms with Gasteiger partial charge in [0.1, 0.15) is 18.1 Å². The molecule has 0 spiro atoms. The van der Waals surface area contributed by atoms with Gasteiger partial charge in [-0.25, -0.2) is 9.67 Å². The number of benzene rings is 1. The number of rotatable bonds is 3. The number of nitrogens with zero attached hydrogens (tertiary/aromatic N) is 5. The predicted octanol–water partition coefficient (Wildman–Crippen LogP) is 1.11. The summed E-state index contributed by atoms with van der Waals surface area (Å²) in [6.07, 6.45) is 2.91. The van der Waals surface area contributed by atoms with Crippen molar-refractivity contribution in [3.8, 4) is 11.8 Å². The molecule has 0 atom stereocenters. The average Bonchev–Trinajstić information content (AvgIpc) is 3.19. The Morgan fingerprint density at radius 2 is 2.19 bits per heavy atom. The Morgan fingerprint density at radius 1 is 1.33 bits per heavy atom. The number of carbonyl (C=O) groups is 1. The van der Waals surface area contributed by atoms with E-state index < -0.39 is 0 Å². The minimum absolute atomic E-state index is 0.0599. The standard InChI is InChI=1S/C13H9N7O/c14-7-12-15-8-20(19-12)11-4-2-1-3-9(11)17-13(21)10-5-6-16-18-10/h1-6,8H,(H,16,18)(H,17,21). The van der Waals surface area contributed by atoms with Gasteiger partial charge in [-0.05, 0) is 18.2 Å². The Kier molecular flexibility index (Phi) is 3.15.